The Bertz CT molecular complexity index is 1560. The highest BCUT2D eigenvalue weighted by molar-refractivity contribution is 6.02. The summed E-state index contributed by atoms with van der Waals surface area (Å²) in [5.74, 6) is -0.682. The van der Waals surface area contributed by atoms with Crippen molar-refractivity contribution in [2.75, 3.05) is 0 Å². The molecule has 9 heteroatoms. The van der Waals surface area contributed by atoms with Gasteiger partial charge in [-0.05, 0) is 42.0 Å². The molecule has 5 aromatic rings. The highest BCUT2D eigenvalue weighted by atomic mass is 19.1. The molecule has 34 heavy (non-hydrogen) atoms. The molecule has 2 heterocycles. The number of carbonyl (C=O) groups excluding carboxylic acids is 1. The highest BCUT2D eigenvalue weighted by Crippen LogP contribution is 2.24. The fourth-order valence-electron chi connectivity index (χ4n) is 3.59. The molecule has 0 atom stereocenters. The van der Waals surface area contributed by atoms with Gasteiger partial charge in [0.15, 0.2) is 17.2 Å². The number of aromatic amines is 1. The lowest BCUT2D eigenvalue weighted by molar-refractivity contribution is 0.0997. The molecule has 0 fully saturated rings. The zero-order valence-electron chi connectivity index (χ0n) is 17.7. The minimum atomic E-state index is -0.849. The first-order chi connectivity index (χ1) is 16.5. The SMILES string of the molecule is NC(=O)c1nc(-c2ccc(OCc3ccccc3)cc2)nc2c1[nH]c(=O)n2-c1ccccc1F. The molecule has 168 valence electrons. The Kier molecular flexibility index (Phi) is 5.35. The molecule has 0 aliphatic carbocycles. The quantitative estimate of drug-likeness (QED) is 0.406. The average molecular weight is 455 g/mol. The maximum atomic E-state index is 14.5. The monoisotopic (exact) mass is 455 g/mol. The molecule has 0 bridgehead atoms. The first-order valence-corrected chi connectivity index (χ1v) is 10.4. The Morgan fingerprint density at radius 1 is 0.971 bits per heavy atom. The third kappa shape index (κ3) is 3.90. The fourth-order valence-corrected chi connectivity index (χ4v) is 3.59. The summed E-state index contributed by atoms with van der Waals surface area (Å²) in [6.45, 7) is 0.409. The summed E-state index contributed by atoms with van der Waals surface area (Å²) in [5, 5.41) is 0. The minimum absolute atomic E-state index is 0.0107. The van der Waals surface area contributed by atoms with Crippen LogP contribution in [0.25, 0.3) is 28.2 Å². The van der Waals surface area contributed by atoms with Crippen molar-refractivity contribution in [2.24, 2.45) is 5.73 Å². The standard InChI is InChI=1S/C25H18FN5O3/c26-18-8-4-5-9-19(18)31-24-21(29-25(31)33)20(22(27)32)28-23(30-24)16-10-12-17(13-11-16)34-14-15-6-2-1-3-7-15/h1-13H,14H2,(H2,27,32)(H,29,33). The van der Waals surface area contributed by atoms with Crippen LogP contribution in [0.2, 0.25) is 0 Å². The molecule has 0 saturated heterocycles. The second-order valence-electron chi connectivity index (χ2n) is 7.47. The number of benzene rings is 3. The molecule has 0 spiro atoms. The lowest BCUT2D eigenvalue weighted by Crippen LogP contribution is -2.16. The van der Waals surface area contributed by atoms with Gasteiger partial charge in [0.25, 0.3) is 5.91 Å². The van der Waals surface area contributed by atoms with Crippen LogP contribution < -0.4 is 16.2 Å². The van der Waals surface area contributed by atoms with Gasteiger partial charge >= 0.3 is 5.69 Å². The van der Waals surface area contributed by atoms with Gasteiger partial charge in [0.2, 0.25) is 0 Å². The zero-order valence-corrected chi connectivity index (χ0v) is 17.7. The minimum Gasteiger partial charge on any atom is -0.489 e. The van der Waals surface area contributed by atoms with E-state index in [1.54, 1.807) is 30.3 Å². The van der Waals surface area contributed by atoms with Crippen LogP contribution in [0.3, 0.4) is 0 Å². The second-order valence-corrected chi connectivity index (χ2v) is 7.47. The van der Waals surface area contributed by atoms with Crippen LogP contribution in [0.5, 0.6) is 5.75 Å². The zero-order chi connectivity index (χ0) is 23.7. The van der Waals surface area contributed by atoms with E-state index >= 15 is 0 Å². The van der Waals surface area contributed by atoms with Crippen molar-refractivity contribution in [1.82, 2.24) is 19.5 Å². The lowest BCUT2D eigenvalue weighted by Gasteiger charge is -2.09. The largest absolute Gasteiger partial charge is 0.489 e. The number of hydrogen-bond acceptors (Lipinski definition) is 5. The summed E-state index contributed by atoms with van der Waals surface area (Å²) >= 11 is 0. The number of rotatable bonds is 6. The molecular weight excluding hydrogens is 437 g/mol. The van der Waals surface area contributed by atoms with E-state index in [9.17, 15) is 14.0 Å². The number of fused-ring (bicyclic) bond motifs is 1. The molecule has 2 aromatic heterocycles. The van der Waals surface area contributed by atoms with Crippen molar-refractivity contribution < 1.29 is 13.9 Å². The molecule has 8 nitrogen and oxygen atoms in total. The molecule has 3 N–H and O–H groups in total. The Morgan fingerprint density at radius 3 is 2.38 bits per heavy atom. The number of H-pyrrole nitrogens is 1. The number of primary amides is 1. The van der Waals surface area contributed by atoms with Crippen LogP contribution in [0.4, 0.5) is 4.39 Å². The predicted molar refractivity (Wildman–Crippen MR) is 124 cm³/mol. The first kappa shape index (κ1) is 21.1. The van der Waals surface area contributed by atoms with E-state index in [1.165, 1.54) is 18.2 Å². The van der Waals surface area contributed by atoms with Crippen LogP contribution >= 0.6 is 0 Å². The summed E-state index contributed by atoms with van der Waals surface area (Å²) in [4.78, 5) is 36.0. The number of hydrogen-bond donors (Lipinski definition) is 2. The number of nitrogens with one attached hydrogen (secondary N) is 1. The number of nitrogens with zero attached hydrogens (tertiary/aromatic N) is 3. The number of aromatic nitrogens is 4. The topological polar surface area (TPSA) is 116 Å². The third-order valence-corrected chi connectivity index (χ3v) is 5.22. The molecule has 0 aliphatic heterocycles. The van der Waals surface area contributed by atoms with Crippen LogP contribution in [-0.4, -0.2) is 25.4 Å². The summed E-state index contributed by atoms with van der Waals surface area (Å²) in [7, 11) is 0. The molecular formula is C25H18FN5O3. The van der Waals surface area contributed by atoms with Gasteiger partial charge in [0.1, 0.15) is 23.7 Å². The van der Waals surface area contributed by atoms with E-state index in [-0.39, 0.29) is 28.4 Å². The predicted octanol–water partition coefficient (Wildman–Crippen LogP) is 3.59. The Morgan fingerprint density at radius 2 is 1.68 bits per heavy atom. The van der Waals surface area contributed by atoms with Gasteiger partial charge in [-0.3, -0.25) is 4.79 Å². The van der Waals surface area contributed by atoms with E-state index in [0.717, 1.165) is 10.1 Å². The number of carbonyl (C=O) groups is 1. The summed E-state index contributed by atoms with van der Waals surface area (Å²) in [5.41, 5.74) is 6.34. The number of ether oxygens (including phenoxy) is 1. The smallest absolute Gasteiger partial charge is 0.332 e. The molecule has 0 aliphatic rings. The molecule has 0 saturated carbocycles. The Labute approximate surface area is 192 Å². The van der Waals surface area contributed by atoms with Gasteiger partial charge in [-0.2, -0.15) is 0 Å². The van der Waals surface area contributed by atoms with Gasteiger partial charge in [-0.15, -0.1) is 0 Å². The van der Waals surface area contributed by atoms with Gasteiger partial charge in [0.05, 0.1) is 5.69 Å². The molecule has 5 rings (SSSR count). The average Bonchev–Trinajstić information content (AvgIpc) is 3.18. The Hall–Kier alpha value is -4.79. The van der Waals surface area contributed by atoms with Crippen molar-refractivity contribution in [1.29, 1.82) is 0 Å². The van der Waals surface area contributed by atoms with Gasteiger partial charge < -0.3 is 15.5 Å². The van der Waals surface area contributed by atoms with E-state index < -0.39 is 17.4 Å². The maximum Gasteiger partial charge on any atom is 0.332 e. The van der Waals surface area contributed by atoms with Crippen molar-refractivity contribution in [3.63, 3.8) is 0 Å². The van der Waals surface area contributed by atoms with Gasteiger partial charge in [-0.1, -0.05) is 42.5 Å². The second kappa shape index (κ2) is 8.62. The van der Waals surface area contributed by atoms with Crippen LogP contribution in [0, 0.1) is 5.82 Å². The molecule has 1 amide bonds. The number of nitrogens with two attached hydrogens (primary N) is 1. The fraction of sp³-hybridized carbons (Fsp3) is 0.0400. The lowest BCUT2D eigenvalue weighted by atomic mass is 10.2. The molecule has 3 aromatic carbocycles. The summed E-state index contributed by atoms with van der Waals surface area (Å²) in [6.07, 6.45) is 0. The van der Waals surface area contributed by atoms with E-state index in [0.29, 0.717) is 17.9 Å². The third-order valence-electron chi connectivity index (χ3n) is 5.22. The maximum absolute atomic E-state index is 14.5. The number of imidazole rings is 1. The number of halogens is 1. The van der Waals surface area contributed by atoms with Crippen LogP contribution in [0.1, 0.15) is 16.1 Å². The Balaban J connectivity index is 1.56. The summed E-state index contributed by atoms with van der Waals surface area (Å²) in [6, 6.07) is 22.5. The summed E-state index contributed by atoms with van der Waals surface area (Å²) < 4.78 is 21.3. The van der Waals surface area contributed by atoms with Crippen molar-refractivity contribution in [2.45, 2.75) is 6.61 Å². The van der Waals surface area contributed by atoms with Crippen LogP contribution in [0.15, 0.2) is 83.7 Å². The first-order valence-electron chi connectivity index (χ1n) is 10.4. The van der Waals surface area contributed by atoms with E-state index in [1.807, 2.05) is 30.3 Å². The molecule has 0 radical (unpaired) electrons. The van der Waals surface area contributed by atoms with Crippen molar-refractivity contribution in [3.8, 4) is 22.8 Å². The van der Waals surface area contributed by atoms with Gasteiger partial charge in [-0.25, -0.2) is 23.7 Å². The number of amides is 1. The normalized spacial score (nSPS) is 11.0. The van der Waals surface area contributed by atoms with Crippen LogP contribution in [-0.2, 0) is 6.61 Å². The van der Waals surface area contributed by atoms with Crippen molar-refractivity contribution in [3.05, 3.63) is 106 Å². The number of para-hydroxylation sites is 1. The van der Waals surface area contributed by atoms with Crippen molar-refractivity contribution >= 4 is 17.1 Å². The highest BCUT2D eigenvalue weighted by Gasteiger charge is 2.21. The van der Waals surface area contributed by atoms with E-state index in [2.05, 4.69) is 15.0 Å². The van der Waals surface area contributed by atoms with E-state index in [4.69, 9.17) is 10.5 Å². The molecule has 0 unspecified atom stereocenters. The van der Waals surface area contributed by atoms with Gasteiger partial charge in [0, 0.05) is 5.56 Å².